The Morgan fingerprint density at radius 2 is 1.82 bits per heavy atom. The lowest BCUT2D eigenvalue weighted by Gasteiger charge is -2.20. The first kappa shape index (κ1) is 19.1. The highest BCUT2D eigenvalue weighted by Crippen LogP contribution is 2.37. The van der Waals surface area contributed by atoms with E-state index in [2.05, 4.69) is 48.5 Å². The molecule has 0 heterocycles. The molecule has 0 atom stereocenters. The first-order chi connectivity index (χ1) is 10.5. The van der Waals surface area contributed by atoms with Gasteiger partial charge in [-0.2, -0.15) is 0 Å². The molecule has 0 aliphatic rings. The fourth-order valence-electron chi connectivity index (χ4n) is 2.06. The molecule has 0 aliphatic heterocycles. The molecule has 1 rings (SSSR count). The zero-order valence-corrected chi connectivity index (χ0v) is 15.8. The molecule has 22 heavy (non-hydrogen) atoms. The number of benzene rings is 1. The smallest absolute Gasteiger partial charge is 0.175 e. The van der Waals surface area contributed by atoms with Crippen LogP contribution in [0.25, 0.3) is 0 Å². The topological polar surface area (TPSA) is 47.7 Å². The summed E-state index contributed by atoms with van der Waals surface area (Å²) in [5.74, 6) is 2.06. The molecule has 0 radical (unpaired) electrons. The quantitative estimate of drug-likeness (QED) is 0.625. The Labute approximate surface area is 143 Å². The molecular weight excluding hydrogens is 344 g/mol. The van der Waals surface area contributed by atoms with E-state index in [1.165, 1.54) is 0 Å². The average Bonchev–Trinajstić information content (AvgIpc) is 2.45. The number of hydrogen-bond donors (Lipinski definition) is 1. The van der Waals surface area contributed by atoms with Crippen molar-refractivity contribution in [2.45, 2.75) is 34.1 Å². The lowest BCUT2D eigenvalue weighted by Crippen LogP contribution is -2.28. The minimum absolute atomic E-state index is 0.608. The summed E-state index contributed by atoms with van der Waals surface area (Å²) in [6.07, 6.45) is 1.01. The second kappa shape index (κ2) is 9.95. The SMILES string of the molecule is CCN(CC)CCOc1c(Br)cc(N)cc1OCCC(C)C. The Hall–Kier alpha value is -0.940. The minimum atomic E-state index is 0.608. The van der Waals surface area contributed by atoms with Crippen molar-refractivity contribution in [3.63, 3.8) is 0 Å². The van der Waals surface area contributed by atoms with E-state index in [0.29, 0.717) is 30.6 Å². The molecule has 0 amide bonds. The highest BCUT2D eigenvalue weighted by molar-refractivity contribution is 9.10. The maximum atomic E-state index is 5.95. The molecule has 0 aromatic heterocycles. The minimum Gasteiger partial charge on any atom is -0.490 e. The molecule has 126 valence electrons. The zero-order chi connectivity index (χ0) is 16.5. The number of nitrogen functional groups attached to an aromatic ring is 1. The van der Waals surface area contributed by atoms with Crippen molar-refractivity contribution in [2.24, 2.45) is 5.92 Å². The van der Waals surface area contributed by atoms with Crippen molar-refractivity contribution < 1.29 is 9.47 Å². The zero-order valence-electron chi connectivity index (χ0n) is 14.2. The molecule has 2 N–H and O–H groups in total. The van der Waals surface area contributed by atoms with Crippen molar-refractivity contribution in [3.05, 3.63) is 16.6 Å². The fraction of sp³-hybridized carbons (Fsp3) is 0.647. The van der Waals surface area contributed by atoms with Crippen molar-refractivity contribution in [1.82, 2.24) is 4.90 Å². The Kier molecular flexibility index (Phi) is 8.64. The second-order valence-corrected chi connectivity index (χ2v) is 6.59. The molecule has 0 saturated carbocycles. The van der Waals surface area contributed by atoms with Gasteiger partial charge in [0.2, 0.25) is 0 Å². The number of nitrogens with two attached hydrogens (primary N) is 1. The van der Waals surface area contributed by atoms with Gasteiger partial charge in [0.15, 0.2) is 11.5 Å². The van der Waals surface area contributed by atoms with Crippen LogP contribution in [0, 0.1) is 5.92 Å². The third kappa shape index (κ3) is 6.44. The van der Waals surface area contributed by atoms with Gasteiger partial charge >= 0.3 is 0 Å². The number of ether oxygens (including phenoxy) is 2. The van der Waals surface area contributed by atoms with E-state index in [0.717, 1.165) is 36.3 Å². The third-order valence-electron chi connectivity index (χ3n) is 3.53. The van der Waals surface area contributed by atoms with E-state index < -0.39 is 0 Å². The van der Waals surface area contributed by atoms with Crippen LogP contribution in [-0.2, 0) is 0 Å². The first-order valence-corrected chi connectivity index (χ1v) is 8.84. The van der Waals surface area contributed by atoms with E-state index in [1.54, 1.807) is 0 Å². The molecule has 0 fully saturated rings. The van der Waals surface area contributed by atoms with Gasteiger partial charge in [-0.1, -0.05) is 27.7 Å². The van der Waals surface area contributed by atoms with Gasteiger partial charge in [0.05, 0.1) is 11.1 Å². The van der Waals surface area contributed by atoms with E-state index >= 15 is 0 Å². The highest BCUT2D eigenvalue weighted by Gasteiger charge is 2.12. The summed E-state index contributed by atoms with van der Waals surface area (Å²) in [7, 11) is 0. The lowest BCUT2D eigenvalue weighted by atomic mass is 10.1. The van der Waals surface area contributed by atoms with Crippen LogP contribution in [0.15, 0.2) is 16.6 Å². The molecule has 0 spiro atoms. The van der Waals surface area contributed by atoms with Crippen molar-refractivity contribution in [3.8, 4) is 11.5 Å². The number of nitrogens with zero attached hydrogens (tertiary/aromatic N) is 1. The number of rotatable bonds is 10. The van der Waals surface area contributed by atoms with Crippen LogP contribution in [0.2, 0.25) is 0 Å². The van der Waals surface area contributed by atoms with Crippen molar-refractivity contribution >= 4 is 21.6 Å². The standard InChI is InChI=1S/C17H29BrN2O2/c1-5-20(6-2)8-10-22-17-15(18)11-14(19)12-16(17)21-9-7-13(3)4/h11-13H,5-10,19H2,1-4H3. The highest BCUT2D eigenvalue weighted by atomic mass is 79.9. The van der Waals surface area contributed by atoms with E-state index in [4.69, 9.17) is 15.2 Å². The van der Waals surface area contributed by atoms with Crippen LogP contribution < -0.4 is 15.2 Å². The summed E-state index contributed by atoms with van der Waals surface area (Å²) >= 11 is 3.52. The van der Waals surface area contributed by atoms with Gasteiger partial charge in [-0.15, -0.1) is 0 Å². The molecule has 0 saturated heterocycles. The van der Waals surface area contributed by atoms with Gasteiger partial charge in [0, 0.05) is 18.3 Å². The van der Waals surface area contributed by atoms with Crippen LogP contribution in [0.1, 0.15) is 34.1 Å². The number of likely N-dealkylation sites (N-methyl/N-ethyl adjacent to an activating group) is 1. The van der Waals surface area contributed by atoms with Crippen LogP contribution in [0.5, 0.6) is 11.5 Å². The molecule has 4 nitrogen and oxygen atoms in total. The van der Waals surface area contributed by atoms with Gasteiger partial charge in [-0.25, -0.2) is 0 Å². The van der Waals surface area contributed by atoms with Gasteiger partial charge < -0.3 is 20.1 Å². The maximum absolute atomic E-state index is 5.95. The summed E-state index contributed by atoms with van der Waals surface area (Å²) in [4.78, 5) is 2.32. The number of halogens is 1. The van der Waals surface area contributed by atoms with Crippen molar-refractivity contribution in [1.29, 1.82) is 0 Å². The second-order valence-electron chi connectivity index (χ2n) is 5.74. The van der Waals surface area contributed by atoms with Gasteiger partial charge in [-0.3, -0.25) is 0 Å². The van der Waals surface area contributed by atoms with Gasteiger partial charge in [0.1, 0.15) is 6.61 Å². The maximum Gasteiger partial charge on any atom is 0.175 e. The molecule has 5 heteroatoms. The van der Waals surface area contributed by atoms with E-state index in [9.17, 15) is 0 Å². The van der Waals surface area contributed by atoms with Crippen LogP contribution >= 0.6 is 15.9 Å². The number of anilines is 1. The predicted molar refractivity (Wildman–Crippen MR) is 96.8 cm³/mol. The van der Waals surface area contributed by atoms with Gasteiger partial charge in [0.25, 0.3) is 0 Å². The molecule has 0 unspecified atom stereocenters. The van der Waals surface area contributed by atoms with Crippen molar-refractivity contribution in [2.75, 3.05) is 38.6 Å². The van der Waals surface area contributed by atoms with E-state index in [1.807, 2.05) is 12.1 Å². The molecule has 0 bridgehead atoms. The molecule has 1 aromatic rings. The largest absolute Gasteiger partial charge is 0.490 e. The fourth-order valence-corrected chi connectivity index (χ4v) is 2.63. The Morgan fingerprint density at radius 3 is 2.41 bits per heavy atom. The summed E-state index contributed by atoms with van der Waals surface area (Å²) in [6, 6.07) is 3.68. The van der Waals surface area contributed by atoms with Crippen LogP contribution in [0.3, 0.4) is 0 Å². The first-order valence-electron chi connectivity index (χ1n) is 8.04. The van der Waals surface area contributed by atoms with E-state index in [-0.39, 0.29) is 0 Å². The number of hydrogen-bond acceptors (Lipinski definition) is 4. The van der Waals surface area contributed by atoms with Crippen LogP contribution in [-0.4, -0.2) is 37.7 Å². The van der Waals surface area contributed by atoms with Crippen LogP contribution in [0.4, 0.5) is 5.69 Å². The third-order valence-corrected chi connectivity index (χ3v) is 4.12. The Morgan fingerprint density at radius 1 is 1.14 bits per heavy atom. The molecule has 0 aliphatic carbocycles. The summed E-state index contributed by atoms with van der Waals surface area (Å²) in [5, 5.41) is 0. The summed E-state index contributed by atoms with van der Waals surface area (Å²) in [5.41, 5.74) is 6.58. The normalized spacial score (nSPS) is 11.2. The Balaban J connectivity index is 2.70. The molecular formula is C17H29BrN2O2. The summed E-state index contributed by atoms with van der Waals surface area (Å²) < 4.78 is 12.7. The van der Waals surface area contributed by atoms with Gasteiger partial charge in [-0.05, 0) is 47.4 Å². The monoisotopic (exact) mass is 372 g/mol. The predicted octanol–water partition coefficient (Wildman–Crippen LogP) is 4.18. The molecule has 1 aromatic carbocycles. The average molecular weight is 373 g/mol. The Bertz CT molecular complexity index is 449. The summed E-state index contributed by atoms with van der Waals surface area (Å²) in [6.45, 7) is 12.9. The lowest BCUT2D eigenvalue weighted by molar-refractivity contribution is 0.210.